The molecule has 1 aromatic carbocycles. The van der Waals surface area contributed by atoms with Crippen LogP contribution in [0.15, 0.2) is 18.2 Å². The SMILES string of the molecule is COc1ccc2c(c1)CC[C@@H](C(F)(F)F)N2. The van der Waals surface area contributed by atoms with E-state index in [9.17, 15) is 13.2 Å². The summed E-state index contributed by atoms with van der Waals surface area (Å²) in [7, 11) is 1.54. The normalized spacial score (nSPS) is 19.9. The molecule has 0 unspecified atom stereocenters. The van der Waals surface area contributed by atoms with Gasteiger partial charge in [-0.05, 0) is 36.6 Å². The van der Waals surface area contributed by atoms with Gasteiger partial charge in [0.25, 0.3) is 0 Å². The Morgan fingerprint density at radius 1 is 1.38 bits per heavy atom. The molecule has 16 heavy (non-hydrogen) atoms. The molecule has 1 aliphatic rings. The number of rotatable bonds is 1. The third-order valence-corrected chi connectivity index (χ3v) is 2.74. The van der Waals surface area contributed by atoms with Crippen molar-refractivity contribution in [2.45, 2.75) is 25.1 Å². The molecule has 1 heterocycles. The number of alkyl halides is 3. The predicted molar refractivity (Wildman–Crippen MR) is 54.8 cm³/mol. The first kappa shape index (κ1) is 11.1. The number of benzene rings is 1. The number of hydrogen-bond donors (Lipinski definition) is 1. The lowest BCUT2D eigenvalue weighted by molar-refractivity contribution is -0.144. The minimum absolute atomic E-state index is 0.0731. The maximum Gasteiger partial charge on any atom is 0.408 e. The fourth-order valence-corrected chi connectivity index (χ4v) is 1.85. The number of methoxy groups -OCH3 is 1. The molecule has 5 heteroatoms. The summed E-state index contributed by atoms with van der Waals surface area (Å²) in [5.74, 6) is 0.672. The second-order valence-electron chi connectivity index (χ2n) is 3.80. The average Bonchev–Trinajstić information content (AvgIpc) is 2.26. The number of halogens is 3. The lowest BCUT2D eigenvalue weighted by Gasteiger charge is -2.28. The van der Waals surface area contributed by atoms with Crippen LogP contribution in [0.2, 0.25) is 0 Å². The Bertz CT molecular complexity index is 389. The molecule has 0 fully saturated rings. The highest BCUT2D eigenvalue weighted by Gasteiger charge is 2.41. The molecule has 1 atom stereocenters. The van der Waals surface area contributed by atoms with Crippen molar-refractivity contribution in [1.29, 1.82) is 0 Å². The number of ether oxygens (including phenoxy) is 1. The van der Waals surface area contributed by atoms with E-state index in [1.165, 1.54) is 7.11 Å². The van der Waals surface area contributed by atoms with Crippen LogP contribution < -0.4 is 10.1 Å². The lowest BCUT2D eigenvalue weighted by Crippen LogP contribution is -2.39. The molecule has 0 radical (unpaired) electrons. The molecule has 0 amide bonds. The zero-order valence-electron chi connectivity index (χ0n) is 8.77. The molecule has 88 valence electrons. The van der Waals surface area contributed by atoms with Crippen LogP contribution in [-0.4, -0.2) is 19.3 Å². The molecule has 1 N–H and O–H groups in total. The van der Waals surface area contributed by atoms with Crippen molar-refractivity contribution in [3.8, 4) is 5.75 Å². The van der Waals surface area contributed by atoms with E-state index in [0.717, 1.165) is 5.56 Å². The van der Waals surface area contributed by atoms with Crippen molar-refractivity contribution in [2.75, 3.05) is 12.4 Å². The van der Waals surface area contributed by atoms with Crippen LogP contribution in [0, 0.1) is 0 Å². The van der Waals surface area contributed by atoms with Crippen molar-refractivity contribution >= 4 is 5.69 Å². The van der Waals surface area contributed by atoms with Gasteiger partial charge < -0.3 is 10.1 Å². The Morgan fingerprint density at radius 2 is 2.12 bits per heavy atom. The van der Waals surface area contributed by atoms with Crippen molar-refractivity contribution in [1.82, 2.24) is 0 Å². The van der Waals surface area contributed by atoms with E-state index in [2.05, 4.69) is 5.32 Å². The zero-order chi connectivity index (χ0) is 11.8. The van der Waals surface area contributed by atoms with Crippen LogP contribution in [0.25, 0.3) is 0 Å². The summed E-state index contributed by atoms with van der Waals surface area (Å²) in [5, 5.41) is 2.51. The highest BCUT2D eigenvalue weighted by atomic mass is 19.4. The van der Waals surface area contributed by atoms with Crippen molar-refractivity contribution in [3.63, 3.8) is 0 Å². The fourth-order valence-electron chi connectivity index (χ4n) is 1.85. The van der Waals surface area contributed by atoms with Crippen LogP contribution in [0.3, 0.4) is 0 Å². The summed E-state index contributed by atoms with van der Waals surface area (Å²) < 4.78 is 42.5. The first-order valence-electron chi connectivity index (χ1n) is 5.01. The van der Waals surface area contributed by atoms with Crippen LogP contribution in [0.5, 0.6) is 5.75 Å². The van der Waals surface area contributed by atoms with Gasteiger partial charge in [0.2, 0.25) is 0 Å². The molecule has 2 nitrogen and oxygen atoms in total. The van der Waals surface area contributed by atoms with Gasteiger partial charge in [0.15, 0.2) is 0 Å². The predicted octanol–water partition coefficient (Wildman–Crippen LogP) is 2.98. The number of hydrogen-bond acceptors (Lipinski definition) is 2. The van der Waals surface area contributed by atoms with Crippen LogP contribution >= 0.6 is 0 Å². The monoisotopic (exact) mass is 231 g/mol. The van der Waals surface area contributed by atoms with Gasteiger partial charge in [-0.25, -0.2) is 0 Å². The van der Waals surface area contributed by atoms with Crippen LogP contribution in [0.1, 0.15) is 12.0 Å². The topological polar surface area (TPSA) is 21.3 Å². The van der Waals surface area contributed by atoms with Gasteiger partial charge in [-0.2, -0.15) is 13.2 Å². The van der Waals surface area contributed by atoms with Crippen LogP contribution in [-0.2, 0) is 6.42 Å². The maximum absolute atomic E-state index is 12.5. The Morgan fingerprint density at radius 3 is 2.75 bits per heavy atom. The minimum atomic E-state index is -4.18. The van der Waals surface area contributed by atoms with Crippen molar-refractivity contribution < 1.29 is 17.9 Å². The van der Waals surface area contributed by atoms with Gasteiger partial charge >= 0.3 is 6.18 Å². The van der Waals surface area contributed by atoms with E-state index < -0.39 is 12.2 Å². The number of anilines is 1. The largest absolute Gasteiger partial charge is 0.497 e. The van der Waals surface area contributed by atoms with E-state index in [-0.39, 0.29) is 6.42 Å². The summed E-state index contributed by atoms with van der Waals surface area (Å²) in [6.45, 7) is 0. The van der Waals surface area contributed by atoms with E-state index in [0.29, 0.717) is 17.9 Å². The molecular formula is C11H12F3NO. The van der Waals surface area contributed by atoms with Crippen molar-refractivity contribution in [2.24, 2.45) is 0 Å². The first-order valence-corrected chi connectivity index (χ1v) is 5.01. The van der Waals surface area contributed by atoms with Crippen molar-refractivity contribution in [3.05, 3.63) is 23.8 Å². The number of fused-ring (bicyclic) bond motifs is 1. The van der Waals surface area contributed by atoms with Gasteiger partial charge in [-0.3, -0.25) is 0 Å². The fraction of sp³-hybridized carbons (Fsp3) is 0.455. The highest BCUT2D eigenvalue weighted by molar-refractivity contribution is 5.56. The summed E-state index contributed by atoms with van der Waals surface area (Å²) in [6, 6.07) is 3.62. The van der Waals surface area contributed by atoms with Gasteiger partial charge in [0.05, 0.1) is 7.11 Å². The van der Waals surface area contributed by atoms with E-state index >= 15 is 0 Å². The molecule has 2 rings (SSSR count). The molecule has 0 aliphatic carbocycles. The first-order chi connectivity index (χ1) is 7.50. The third-order valence-electron chi connectivity index (χ3n) is 2.74. The Labute approximate surface area is 91.4 Å². The molecule has 0 aromatic heterocycles. The van der Waals surface area contributed by atoms with Gasteiger partial charge in [-0.15, -0.1) is 0 Å². The van der Waals surface area contributed by atoms with Crippen LogP contribution in [0.4, 0.5) is 18.9 Å². The number of aryl methyl sites for hydroxylation is 1. The Hall–Kier alpha value is -1.39. The van der Waals surface area contributed by atoms with Gasteiger partial charge in [0.1, 0.15) is 11.8 Å². The molecule has 0 spiro atoms. The standard InChI is InChI=1S/C11H12F3NO/c1-16-8-3-4-9-7(6-8)2-5-10(15-9)11(12,13)14/h3-4,6,10,15H,2,5H2,1H3/t10-/m0/s1. The molecular weight excluding hydrogens is 219 g/mol. The summed E-state index contributed by atoms with van der Waals surface area (Å²) in [4.78, 5) is 0. The van der Waals surface area contributed by atoms with Gasteiger partial charge in [-0.1, -0.05) is 0 Å². The highest BCUT2D eigenvalue weighted by Crippen LogP contribution is 2.34. The Balaban J connectivity index is 2.22. The van der Waals surface area contributed by atoms with E-state index in [4.69, 9.17) is 4.74 Å². The summed E-state index contributed by atoms with van der Waals surface area (Å²) >= 11 is 0. The zero-order valence-corrected chi connectivity index (χ0v) is 8.77. The minimum Gasteiger partial charge on any atom is -0.497 e. The summed E-state index contributed by atoms with van der Waals surface area (Å²) in [6.07, 6.45) is -3.69. The second-order valence-corrected chi connectivity index (χ2v) is 3.80. The molecule has 1 aliphatic heterocycles. The average molecular weight is 231 g/mol. The quantitative estimate of drug-likeness (QED) is 0.802. The summed E-state index contributed by atoms with van der Waals surface area (Å²) in [5.41, 5.74) is 1.43. The van der Waals surface area contributed by atoms with E-state index in [1.54, 1.807) is 18.2 Å². The molecule has 0 bridgehead atoms. The van der Waals surface area contributed by atoms with Gasteiger partial charge in [0, 0.05) is 5.69 Å². The second kappa shape index (κ2) is 3.88. The van der Waals surface area contributed by atoms with E-state index in [1.807, 2.05) is 0 Å². The number of nitrogens with one attached hydrogen (secondary N) is 1. The lowest BCUT2D eigenvalue weighted by atomic mass is 9.97. The maximum atomic E-state index is 12.5. The molecule has 0 saturated heterocycles. The third kappa shape index (κ3) is 2.08. The Kier molecular flexibility index (Phi) is 2.69. The molecule has 0 saturated carbocycles. The smallest absolute Gasteiger partial charge is 0.408 e. The molecule has 1 aromatic rings.